The van der Waals surface area contributed by atoms with Crippen LogP contribution in [0.2, 0.25) is 5.02 Å². The van der Waals surface area contributed by atoms with E-state index in [1.54, 1.807) is 30.3 Å². The van der Waals surface area contributed by atoms with Gasteiger partial charge in [0, 0.05) is 11.6 Å². The van der Waals surface area contributed by atoms with Gasteiger partial charge in [0.1, 0.15) is 10.7 Å². The number of nitro benzene ring substituents is 1. The lowest BCUT2D eigenvalue weighted by Gasteiger charge is -2.11. The summed E-state index contributed by atoms with van der Waals surface area (Å²) in [6.45, 7) is 2.20. The van der Waals surface area contributed by atoms with Crippen molar-refractivity contribution >= 4 is 29.2 Å². The molecule has 0 saturated carbocycles. The van der Waals surface area contributed by atoms with E-state index >= 15 is 0 Å². The van der Waals surface area contributed by atoms with Gasteiger partial charge in [0.2, 0.25) is 5.75 Å². The minimum atomic E-state index is -0.553. The number of para-hydroxylation sites is 1. The highest BCUT2D eigenvalue weighted by atomic mass is 35.5. The molecule has 0 bridgehead atoms. The zero-order valence-corrected chi connectivity index (χ0v) is 18.1. The van der Waals surface area contributed by atoms with Crippen molar-refractivity contribution in [2.24, 2.45) is 5.10 Å². The molecule has 0 saturated heterocycles. The predicted molar refractivity (Wildman–Crippen MR) is 121 cm³/mol. The second kappa shape index (κ2) is 10.4. The first-order valence-corrected chi connectivity index (χ1v) is 9.95. The van der Waals surface area contributed by atoms with E-state index in [0.717, 1.165) is 0 Å². The highest BCUT2D eigenvalue weighted by molar-refractivity contribution is 6.32. The molecule has 11 heteroatoms. The normalized spacial score (nSPS) is 10.8. The summed E-state index contributed by atoms with van der Waals surface area (Å²) in [5.74, 6) is 0.264. The summed E-state index contributed by atoms with van der Waals surface area (Å²) in [4.78, 5) is 23.4. The predicted octanol–water partition coefficient (Wildman–Crippen LogP) is 4.04. The van der Waals surface area contributed by atoms with E-state index < -0.39 is 10.5 Å². The number of nitro groups is 1. The van der Waals surface area contributed by atoms with Crippen LogP contribution in [0.5, 0.6) is 11.5 Å². The Morgan fingerprint density at radius 2 is 2.06 bits per heavy atom. The molecular formula is C21H20ClN5O5. The first-order chi connectivity index (χ1) is 15.5. The van der Waals surface area contributed by atoms with Crippen LogP contribution in [0.1, 0.15) is 18.9 Å². The van der Waals surface area contributed by atoms with Crippen molar-refractivity contribution in [3.63, 3.8) is 0 Å². The van der Waals surface area contributed by atoms with Crippen molar-refractivity contribution in [2.45, 2.75) is 13.3 Å². The number of nitrogens with one attached hydrogen (secondary N) is 1. The van der Waals surface area contributed by atoms with Gasteiger partial charge in [0.15, 0.2) is 5.75 Å². The number of nitrogens with zero attached hydrogens (tertiary/aromatic N) is 4. The van der Waals surface area contributed by atoms with Crippen molar-refractivity contribution in [2.75, 3.05) is 19.1 Å². The van der Waals surface area contributed by atoms with Gasteiger partial charge in [-0.3, -0.25) is 20.3 Å². The molecule has 0 unspecified atom stereocenters. The van der Waals surface area contributed by atoms with Gasteiger partial charge in [-0.25, -0.2) is 0 Å². The number of hydrazone groups is 1. The number of hydrogen-bond donors (Lipinski definition) is 1. The van der Waals surface area contributed by atoms with Crippen LogP contribution < -0.4 is 20.5 Å². The Balaban J connectivity index is 1.86. The molecule has 0 aliphatic carbocycles. The first kappa shape index (κ1) is 22.8. The summed E-state index contributed by atoms with van der Waals surface area (Å²) in [6, 6.07) is 11.7. The van der Waals surface area contributed by atoms with Crippen LogP contribution in [0.4, 0.5) is 11.4 Å². The Labute approximate surface area is 188 Å². The zero-order valence-electron chi connectivity index (χ0n) is 17.3. The van der Waals surface area contributed by atoms with E-state index in [2.05, 4.69) is 15.6 Å². The van der Waals surface area contributed by atoms with Gasteiger partial charge in [-0.05, 0) is 24.6 Å². The third kappa shape index (κ3) is 5.03. The van der Waals surface area contributed by atoms with Crippen molar-refractivity contribution in [1.82, 2.24) is 9.78 Å². The maximum absolute atomic E-state index is 12.5. The minimum absolute atomic E-state index is 0.0567. The second-order valence-corrected chi connectivity index (χ2v) is 6.85. The van der Waals surface area contributed by atoms with Crippen LogP contribution in [-0.4, -0.2) is 34.6 Å². The molecule has 3 aromatic rings. The van der Waals surface area contributed by atoms with E-state index in [1.165, 1.54) is 30.3 Å². The molecule has 0 aliphatic rings. The highest BCUT2D eigenvalue weighted by Gasteiger charge is 2.22. The van der Waals surface area contributed by atoms with Crippen molar-refractivity contribution in [3.05, 3.63) is 79.7 Å². The Bertz CT molecular complexity index is 1200. The summed E-state index contributed by atoms with van der Waals surface area (Å²) in [5, 5.41) is 19.5. The van der Waals surface area contributed by atoms with Gasteiger partial charge in [-0.15, -0.1) is 0 Å². The minimum Gasteiger partial charge on any atom is -0.493 e. The van der Waals surface area contributed by atoms with Crippen LogP contribution in [0, 0.1) is 10.1 Å². The van der Waals surface area contributed by atoms with E-state index in [4.69, 9.17) is 21.1 Å². The molecule has 10 nitrogen and oxygen atoms in total. The lowest BCUT2D eigenvalue weighted by Crippen LogP contribution is -2.22. The van der Waals surface area contributed by atoms with Crippen LogP contribution in [-0.2, 0) is 0 Å². The average molecular weight is 458 g/mol. The number of methoxy groups -OCH3 is 1. The molecule has 1 N–H and O–H groups in total. The van der Waals surface area contributed by atoms with Gasteiger partial charge in [0.25, 0.3) is 5.56 Å². The Kier molecular flexibility index (Phi) is 7.40. The number of aromatic nitrogens is 2. The van der Waals surface area contributed by atoms with Crippen molar-refractivity contribution < 1.29 is 14.4 Å². The Hall–Kier alpha value is -3.92. The first-order valence-electron chi connectivity index (χ1n) is 9.57. The number of halogens is 1. The lowest BCUT2D eigenvalue weighted by molar-refractivity contribution is -0.386. The van der Waals surface area contributed by atoms with E-state index in [0.29, 0.717) is 24.3 Å². The van der Waals surface area contributed by atoms with Gasteiger partial charge < -0.3 is 9.47 Å². The third-order valence-electron chi connectivity index (χ3n) is 4.24. The van der Waals surface area contributed by atoms with Gasteiger partial charge in [-0.2, -0.15) is 14.9 Å². The molecule has 32 heavy (non-hydrogen) atoms. The van der Waals surface area contributed by atoms with Gasteiger partial charge >= 0.3 is 5.69 Å². The summed E-state index contributed by atoms with van der Waals surface area (Å²) >= 11 is 6.18. The number of rotatable bonds is 9. The fraction of sp³-hybridized carbons (Fsp3) is 0.190. The molecular weight excluding hydrogens is 438 g/mol. The molecule has 3 rings (SSSR count). The topological polar surface area (TPSA) is 121 Å². The van der Waals surface area contributed by atoms with Crippen molar-refractivity contribution in [3.8, 4) is 17.2 Å². The highest BCUT2D eigenvalue weighted by Crippen LogP contribution is 2.38. The Morgan fingerprint density at radius 1 is 1.31 bits per heavy atom. The van der Waals surface area contributed by atoms with Gasteiger partial charge in [0.05, 0.1) is 36.7 Å². The van der Waals surface area contributed by atoms with E-state index in [1.807, 2.05) is 13.0 Å². The molecule has 2 aromatic carbocycles. The fourth-order valence-corrected chi connectivity index (χ4v) is 2.93. The monoisotopic (exact) mass is 457 g/mol. The number of anilines is 1. The molecule has 1 aromatic heterocycles. The lowest BCUT2D eigenvalue weighted by atomic mass is 10.2. The SMILES string of the molecule is CCCOc1c(OC)cc(/C=N\Nc2cnn(-c3ccccc3)c(=O)c2Cl)cc1[N+](=O)[O-]. The molecule has 1 heterocycles. The smallest absolute Gasteiger partial charge is 0.315 e. The molecule has 0 spiro atoms. The second-order valence-electron chi connectivity index (χ2n) is 6.47. The van der Waals surface area contributed by atoms with Crippen LogP contribution in [0.15, 0.2) is 58.6 Å². The van der Waals surface area contributed by atoms with E-state index in [-0.39, 0.29) is 27.9 Å². The summed E-state index contributed by atoms with van der Waals surface area (Å²) < 4.78 is 11.9. The largest absolute Gasteiger partial charge is 0.493 e. The van der Waals surface area contributed by atoms with Crippen molar-refractivity contribution in [1.29, 1.82) is 0 Å². The quantitative estimate of drug-likeness (QED) is 0.292. The molecule has 0 fully saturated rings. The van der Waals surface area contributed by atoms with Crippen LogP contribution in [0.3, 0.4) is 0 Å². The van der Waals surface area contributed by atoms with Crippen LogP contribution in [0.25, 0.3) is 5.69 Å². The summed E-state index contributed by atoms with van der Waals surface area (Å²) in [7, 11) is 1.39. The van der Waals surface area contributed by atoms with Gasteiger partial charge in [-0.1, -0.05) is 36.7 Å². The maximum atomic E-state index is 12.5. The molecule has 0 aliphatic heterocycles. The average Bonchev–Trinajstić information content (AvgIpc) is 2.80. The molecule has 166 valence electrons. The third-order valence-corrected chi connectivity index (χ3v) is 4.61. The standard InChI is InChI=1S/C21H20ClN5O5/c1-3-9-32-20-17(27(29)30)10-14(11-18(20)31-2)12-23-25-16-13-24-26(21(28)19(16)22)15-7-5-4-6-8-15/h4-8,10-13,25H,3,9H2,1-2H3/b23-12-. The fourth-order valence-electron chi connectivity index (χ4n) is 2.76. The van der Waals surface area contributed by atoms with E-state index in [9.17, 15) is 14.9 Å². The number of ether oxygens (including phenoxy) is 2. The molecule has 0 radical (unpaired) electrons. The zero-order chi connectivity index (χ0) is 23.1. The Morgan fingerprint density at radius 3 is 2.72 bits per heavy atom. The number of benzene rings is 2. The summed E-state index contributed by atoms with van der Waals surface area (Å²) in [6.07, 6.45) is 3.38. The molecule has 0 atom stereocenters. The number of hydrogen-bond acceptors (Lipinski definition) is 8. The summed E-state index contributed by atoms with van der Waals surface area (Å²) in [5.41, 5.74) is 3.00. The van der Waals surface area contributed by atoms with Crippen LogP contribution >= 0.6 is 11.6 Å². The molecule has 0 amide bonds. The maximum Gasteiger partial charge on any atom is 0.315 e.